The lowest BCUT2D eigenvalue weighted by atomic mass is 10.1. The third-order valence-electron chi connectivity index (χ3n) is 2.63. The summed E-state index contributed by atoms with van der Waals surface area (Å²) in [7, 11) is 0. The van der Waals surface area contributed by atoms with Gasteiger partial charge in [0, 0.05) is 5.92 Å². The maximum atomic E-state index is 4.43. The second-order valence-electron chi connectivity index (χ2n) is 4.40. The van der Waals surface area contributed by atoms with E-state index >= 15 is 0 Å². The summed E-state index contributed by atoms with van der Waals surface area (Å²) in [6.45, 7) is 8.69. The minimum absolute atomic E-state index is 0.374. The number of hydrogen-bond acceptors (Lipinski definition) is 2. The molecule has 2 aromatic rings. The molecule has 3 nitrogen and oxygen atoms in total. The molecule has 0 spiro atoms. The lowest BCUT2D eigenvalue weighted by Gasteiger charge is -2.02. The van der Waals surface area contributed by atoms with Crippen molar-refractivity contribution in [2.75, 3.05) is 0 Å². The zero-order chi connectivity index (χ0) is 12.3. The molecule has 88 valence electrons. The zero-order valence-corrected chi connectivity index (χ0v) is 10.3. The molecule has 1 aromatic heterocycles. The molecule has 0 aliphatic rings. The van der Waals surface area contributed by atoms with E-state index in [2.05, 4.69) is 54.8 Å². The Morgan fingerprint density at radius 1 is 1.29 bits per heavy atom. The van der Waals surface area contributed by atoms with Crippen molar-refractivity contribution < 1.29 is 0 Å². The van der Waals surface area contributed by atoms with Gasteiger partial charge in [0.1, 0.15) is 6.33 Å². The number of benzene rings is 1. The molecule has 0 atom stereocenters. The van der Waals surface area contributed by atoms with Gasteiger partial charge in [-0.05, 0) is 11.1 Å². The molecule has 0 fully saturated rings. The number of aromatic nitrogens is 3. The summed E-state index contributed by atoms with van der Waals surface area (Å²) < 4.78 is 1.87. The molecule has 2 rings (SSSR count). The minimum Gasteiger partial charge on any atom is -0.248 e. The molecular formula is C14H17N3. The van der Waals surface area contributed by atoms with Crippen molar-refractivity contribution in [1.82, 2.24) is 14.8 Å². The Kier molecular flexibility index (Phi) is 3.38. The molecule has 3 heteroatoms. The first-order valence-corrected chi connectivity index (χ1v) is 5.80. The highest BCUT2D eigenvalue weighted by Crippen LogP contribution is 2.09. The summed E-state index contributed by atoms with van der Waals surface area (Å²) in [6.07, 6.45) is 3.63. The Balaban J connectivity index is 2.10. The van der Waals surface area contributed by atoms with E-state index in [0.717, 1.165) is 17.9 Å². The number of nitrogens with zero attached hydrogens (tertiary/aromatic N) is 3. The van der Waals surface area contributed by atoms with Crippen LogP contribution < -0.4 is 0 Å². The third-order valence-corrected chi connectivity index (χ3v) is 2.63. The van der Waals surface area contributed by atoms with Crippen LogP contribution in [0.4, 0.5) is 0 Å². The fourth-order valence-corrected chi connectivity index (χ4v) is 1.60. The van der Waals surface area contributed by atoms with E-state index in [-0.39, 0.29) is 0 Å². The van der Waals surface area contributed by atoms with E-state index in [1.807, 2.05) is 10.8 Å². The monoisotopic (exact) mass is 227 g/mol. The van der Waals surface area contributed by atoms with Gasteiger partial charge in [-0.1, -0.05) is 50.8 Å². The fourth-order valence-electron chi connectivity index (χ4n) is 1.60. The van der Waals surface area contributed by atoms with Gasteiger partial charge in [-0.2, -0.15) is 5.10 Å². The first-order chi connectivity index (χ1) is 8.19. The maximum Gasteiger partial charge on any atom is 0.153 e. The molecule has 1 aromatic carbocycles. The van der Waals surface area contributed by atoms with E-state index in [4.69, 9.17) is 0 Å². The van der Waals surface area contributed by atoms with Gasteiger partial charge in [0.05, 0.1) is 6.54 Å². The van der Waals surface area contributed by atoms with Gasteiger partial charge in [0.2, 0.25) is 0 Å². The van der Waals surface area contributed by atoms with Crippen LogP contribution in [0.15, 0.2) is 37.2 Å². The maximum absolute atomic E-state index is 4.43. The quantitative estimate of drug-likeness (QED) is 0.803. The molecule has 17 heavy (non-hydrogen) atoms. The smallest absolute Gasteiger partial charge is 0.153 e. The van der Waals surface area contributed by atoms with Gasteiger partial charge in [-0.15, -0.1) is 0 Å². The molecule has 0 saturated carbocycles. The van der Waals surface area contributed by atoms with E-state index in [1.54, 1.807) is 6.33 Å². The Morgan fingerprint density at radius 2 is 2.00 bits per heavy atom. The van der Waals surface area contributed by atoms with Crippen LogP contribution in [0, 0.1) is 0 Å². The van der Waals surface area contributed by atoms with Crippen LogP contribution in [-0.2, 0) is 6.54 Å². The summed E-state index contributed by atoms with van der Waals surface area (Å²) in [6, 6.07) is 8.30. The van der Waals surface area contributed by atoms with Crippen molar-refractivity contribution in [3.8, 4) is 0 Å². The van der Waals surface area contributed by atoms with Crippen molar-refractivity contribution in [1.29, 1.82) is 0 Å². The van der Waals surface area contributed by atoms with Gasteiger partial charge >= 0.3 is 0 Å². The molecule has 0 N–H and O–H groups in total. The topological polar surface area (TPSA) is 30.7 Å². The van der Waals surface area contributed by atoms with Crippen molar-refractivity contribution in [3.63, 3.8) is 0 Å². The molecule has 0 bridgehead atoms. The van der Waals surface area contributed by atoms with E-state index in [9.17, 15) is 0 Å². The van der Waals surface area contributed by atoms with Gasteiger partial charge in [0.25, 0.3) is 0 Å². The molecule has 0 aliphatic carbocycles. The molecule has 0 amide bonds. The fraction of sp³-hybridized carbons (Fsp3) is 0.286. The van der Waals surface area contributed by atoms with E-state index in [0.29, 0.717) is 5.92 Å². The van der Waals surface area contributed by atoms with Crippen molar-refractivity contribution in [2.24, 2.45) is 0 Å². The number of rotatable bonds is 4. The largest absolute Gasteiger partial charge is 0.248 e. The predicted molar refractivity (Wildman–Crippen MR) is 69.7 cm³/mol. The SMILES string of the molecule is C=Cc1ccc(Cn2cnc(C(C)C)n2)cc1. The van der Waals surface area contributed by atoms with E-state index < -0.39 is 0 Å². The standard InChI is InChI=1S/C14H17N3/c1-4-12-5-7-13(8-6-12)9-17-10-15-14(16-17)11(2)3/h4-8,10-11H,1,9H2,2-3H3. The van der Waals surface area contributed by atoms with Gasteiger partial charge in [-0.3, -0.25) is 0 Å². The lowest BCUT2D eigenvalue weighted by molar-refractivity contribution is 0.657. The summed E-state index contributed by atoms with van der Waals surface area (Å²) >= 11 is 0. The summed E-state index contributed by atoms with van der Waals surface area (Å²) in [5.74, 6) is 1.27. The van der Waals surface area contributed by atoms with Crippen LogP contribution in [-0.4, -0.2) is 14.8 Å². The first-order valence-electron chi connectivity index (χ1n) is 5.80. The average molecular weight is 227 g/mol. The van der Waals surface area contributed by atoms with Gasteiger partial charge in [0.15, 0.2) is 5.82 Å². The summed E-state index contributed by atoms with van der Waals surface area (Å²) in [5.41, 5.74) is 2.35. The van der Waals surface area contributed by atoms with E-state index in [1.165, 1.54) is 5.56 Å². The molecule has 0 radical (unpaired) electrons. The van der Waals surface area contributed by atoms with Crippen LogP contribution in [0.3, 0.4) is 0 Å². The first kappa shape index (κ1) is 11.6. The molecule has 0 saturated heterocycles. The Hall–Kier alpha value is -1.90. The van der Waals surface area contributed by atoms with Crippen LogP contribution in [0.1, 0.15) is 36.7 Å². The highest BCUT2D eigenvalue weighted by atomic mass is 15.3. The second-order valence-corrected chi connectivity index (χ2v) is 4.40. The van der Waals surface area contributed by atoms with Crippen molar-refractivity contribution in [2.45, 2.75) is 26.3 Å². The van der Waals surface area contributed by atoms with Crippen molar-refractivity contribution >= 4 is 6.08 Å². The third kappa shape index (κ3) is 2.81. The average Bonchev–Trinajstić information content (AvgIpc) is 2.79. The lowest BCUT2D eigenvalue weighted by Crippen LogP contribution is -2.01. The highest BCUT2D eigenvalue weighted by molar-refractivity contribution is 5.47. The van der Waals surface area contributed by atoms with Crippen molar-refractivity contribution in [3.05, 3.63) is 54.1 Å². The highest BCUT2D eigenvalue weighted by Gasteiger charge is 2.05. The summed E-state index contributed by atoms with van der Waals surface area (Å²) in [4.78, 5) is 4.28. The summed E-state index contributed by atoms with van der Waals surface area (Å²) in [5, 5.41) is 4.43. The van der Waals surface area contributed by atoms with Crippen LogP contribution in [0.2, 0.25) is 0 Å². The molecule has 0 aliphatic heterocycles. The Labute approximate surface area is 102 Å². The van der Waals surface area contributed by atoms with Gasteiger partial charge < -0.3 is 0 Å². The number of hydrogen-bond donors (Lipinski definition) is 0. The zero-order valence-electron chi connectivity index (χ0n) is 10.3. The molecule has 0 unspecified atom stereocenters. The normalized spacial score (nSPS) is 10.8. The van der Waals surface area contributed by atoms with Gasteiger partial charge in [-0.25, -0.2) is 9.67 Å². The Morgan fingerprint density at radius 3 is 2.53 bits per heavy atom. The van der Waals surface area contributed by atoms with Crippen LogP contribution in [0.5, 0.6) is 0 Å². The molecule has 1 heterocycles. The predicted octanol–water partition coefficient (Wildman–Crippen LogP) is 3.09. The Bertz CT molecular complexity index is 494. The second kappa shape index (κ2) is 4.95. The minimum atomic E-state index is 0.374. The van der Waals surface area contributed by atoms with Crippen LogP contribution in [0.25, 0.3) is 6.08 Å². The molecular weight excluding hydrogens is 210 g/mol. The van der Waals surface area contributed by atoms with Crippen LogP contribution >= 0.6 is 0 Å².